The minimum Gasteiger partial charge on any atom is -0.493 e. The van der Waals surface area contributed by atoms with Crippen molar-refractivity contribution in [2.24, 2.45) is 0 Å². The summed E-state index contributed by atoms with van der Waals surface area (Å²) in [7, 11) is 1.87. The summed E-state index contributed by atoms with van der Waals surface area (Å²) in [4.78, 5) is 2.32. The third kappa shape index (κ3) is 3.59. The van der Waals surface area contributed by atoms with E-state index < -0.39 is 7.82 Å². The van der Waals surface area contributed by atoms with Gasteiger partial charge in [0.2, 0.25) is 0 Å². The van der Waals surface area contributed by atoms with Crippen molar-refractivity contribution in [3.8, 4) is 11.5 Å². The number of phosphoric ester groups is 1. The first-order valence-corrected chi connectivity index (χ1v) is 11.6. The van der Waals surface area contributed by atoms with Crippen LogP contribution in [0, 0.1) is 0 Å². The second-order valence-corrected chi connectivity index (χ2v) is 9.69. The van der Waals surface area contributed by atoms with Crippen molar-refractivity contribution >= 4 is 7.82 Å². The van der Waals surface area contributed by atoms with E-state index in [1.807, 2.05) is 19.9 Å². The Morgan fingerprint density at radius 2 is 1.79 bits per heavy atom. The van der Waals surface area contributed by atoms with Gasteiger partial charge in [-0.3, -0.25) is 13.9 Å². The fourth-order valence-electron chi connectivity index (χ4n) is 4.72. The molecule has 0 saturated carbocycles. The molecular formula is C21H30NO6P. The van der Waals surface area contributed by atoms with Crippen molar-refractivity contribution in [1.29, 1.82) is 0 Å². The van der Waals surface area contributed by atoms with Crippen molar-refractivity contribution in [1.82, 2.24) is 4.90 Å². The molecule has 4 rings (SSSR count). The second-order valence-electron chi connectivity index (χ2n) is 8.19. The van der Waals surface area contributed by atoms with Crippen molar-refractivity contribution < 1.29 is 27.6 Å². The molecule has 3 aliphatic rings. The van der Waals surface area contributed by atoms with Crippen molar-refractivity contribution in [3.63, 3.8) is 0 Å². The largest absolute Gasteiger partial charge is 0.530 e. The Balaban J connectivity index is 1.63. The molecule has 0 radical (unpaired) electrons. The summed E-state index contributed by atoms with van der Waals surface area (Å²) >= 11 is 0. The summed E-state index contributed by atoms with van der Waals surface area (Å²) in [5.74, 6) is 2.14. The molecule has 2 fully saturated rings. The van der Waals surface area contributed by atoms with Gasteiger partial charge in [-0.1, -0.05) is 6.07 Å². The second kappa shape index (κ2) is 7.62. The monoisotopic (exact) mass is 423 g/mol. The van der Waals surface area contributed by atoms with Gasteiger partial charge in [0, 0.05) is 17.9 Å². The zero-order valence-corrected chi connectivity index (χ0v) is 18.6. The number of likely N-dealkylation sites (tertiary alicyclic amines) is 1. The van der Waals surface area contributed by atoms with Crippen LogP contribution in [-0.4, -0.2) is 51.0 Å². The lowest BCUT2D eigenvalue weighted by Gasteiger charge is -2.40. The van der Waals surface area contributed by atoms with E-state index in [9.17, 15) is 4.57 Å². The van der Waals surface area contributed by atoms with E-state index in [1.165, 1.54) is 5.56 Å². The van der Waals surface area contributed by atoms with Crippen molar-refractivity contribution in [3.05, 3.63) is 35.6 Å². The maximum atomic E-state index is 12.8. The molecule has 2 aliphatic heterocycles. The predicted molar refractivity (Wildman–Crippen MR) is 109 cm³/mol. The number of rotatable bonds is 5. The average molecular weight is 423 g/mol. The smallest absolute Gasteiger partial charge is 0.493 e. The van der Waals surface area contributed by atoms with Crippen LogP contribution in [0.25, 0.3) is 0 Å². The number of ether oxygens (including phenoxy) is 2. The highest BCUT2D eigenvalue weighted by atomic mass is 31.2. The van der Waals surface area contributed by atoms with Crippen LogP contribution >= 0.6 is 7.82 Å². The topological polar surface area (TPSA) is 66.5 Å². The third-order valence-electron chi connectivity index (χ3n) is 6.55. The fraction of sp³-hybridized carbons (Fsp3) is 0.619. The number of hydrogen-bond acceptors (Lipinski definition) is 7. The standard InChI is InChI=1S/C21H30NO6P/c1-14-15(2)27-29(23,26-14)28-17-8-9-21(10-11-22(3)20(21)13-17)16-6-7-18(24-4)19(12-16)25-5/h6-7,12-15,20H,8-11H2,1-5H3. The first kappa shape index (κ1) is 20.7. The minimum absolute atomic E-state index is 0.0480. The summed E-state index contributed by atoms with van der Waals surface area (Å²) < 4.78 is 40.6. The highest BCUT2D eigenvalue weighted by Gasteiger charge is 2.50. The van der Waals surface area contributed by atoms with Crippen molar-refractivity contribution in [2.45, 2.75) is 56.8 Å². The van der Waals surface area contributed by atoms with Crippen LogP contribution in [0.5, 0.6) is 11.5 Å². The zero-order valence-electron chi connectivity index (χ0n) is 17.7. The molecule has 4 unspecified atom stereocenters. The lowest BCUT2D eigenvalue weighted by Crippen LogP contribution is -2.42. The molecule has 8 heteroatoms. The average Bonchev–Trinajstić information content (AvgIpc) is 3.17. The highest BCUT2D eigenvalue weighted by Crippen LogP contribution is 2.60. The summed E-state index contributed by atoms with van der Waals surface area (Å²) in [5, 5.41) is 0. The van der Waals surface area contributed by atoms with E-state index in [0.29, 0.717) is 12.2 Å². The number of phosphoric acid groups is 1. The first-order chi connectivity index (χ1) is 13.8. The van der Waals surface area contributed by atoms with Crippen LogP contribution in [0.1, 0.15) is 38.7 Å². The van der Waals surface area contributed by atoms with Gasteiger partial charge < -0.3 is 14.0 Å². The summed E-state index contributed by atoms with van der Waals surface area (Å²) in [6.07, 6.45) is 4.20. The summed E-state index contributed by atoms with van der Waals surface area (Å²) in [5.41, 5.74) is 1.18. The molecule has 0 amide bonds. The molecular weight excluding hydrogens is 393 g/mol. The number of benzene rings is 1. The van der Waals surface area contributed by atoms with E-state index >= 15 is 0 Å². The maximum Gasteiger partial charge on any atom is 0.530 e. The maximum absolute atomic E-state index is 12.8. The number of hydrogen-bond donors (Lipinski definition) is 0. The van der Waals surface area contributed by atoms with Crippen molar-refractivity contribution in [2.75, 3.05) is 27.8 Å². The molecule has 1 aliphatic carbocycles. The molecule has 0 bridgehead atoms. The number of fused-ring (bicyclic) bond motifs is 1. The van der Waals surface area contributed by atoms with Gasteiger partial charge in [-0.05, 0) is 64.1 Å². The zero-order chi connectivity index (χ0) is 20.8. The first-order valence-electron chi connectivity index (χ1n) is 10.1. The molecule has 160 valence electrons. The molecule has 2 heterocycles. The molecule has 4 atom stereocenters. The number of likely N-dealkylation sites (N-methyl/N-ethyl adjacent to an activating group) is 1. The van der Waals surface area contributed by atoms with Crippen LogP contribution in [0.2, 0.25) is 0 Å². The molecule has 7 nitrogen and oxygen atoms in total. The summed E-state index contributed by atoms with van der Waals surface area (Å²) in [6.45, 7) is 4.66. The van der Waals surface area contributed by atoms with E-state index in [2.05, 4.69) is 30.2 Å². The van der Waals surface area contributed by atoms with Gasteiger partial charge in [-0.15, -0.1) is 0 Å². The quantitative estimate of drug-likeness (QED) is 0.655. The molecule has 29 heavy (non-hydrogen) atoms. The Labute approximate surface area is 172 Å². The van der Waals surface area contributed by atoms with E-state index in [4.69, 9.17) is 23.0 Å². The van der Waals surface area contributed by atoms with Gasteiger partial charge in [0.25, 0.3) is 0 Å². The molecule has 1 aromatic carbocycles. The SMILES string of the molecule is COc1ccc(C23CCC(OP4(=O)OC(C)C(C)O4)=CC2N(C)CC3)cc1OC. The van der Waals surface area contributed by atoms with E-state index in [1.54, 1.807) is 14.2 Å². The molecule has 0 N–H and O–H groups in total. The number of methoxy groups -OCH3 is 2. The van der Waals surface area contributed by atoms with Gasteiger partial charge in [-0.25, -0.2) is 4.57 Å². The Hall–Kier alpha value is -1.53. The van der Waals surface area contributed by atoms with Crippen LogP contribution in [0.4, 0.5) is 0 Å². The molecule has 1 aromatic rings. The normalized spacial score (nSPS) is 37.1. The number of allylic oxidation sites excluding steroid dienone is 1. The van der Waals surface area contributed by atoms with Gasteiger partial charge >= 0.3 is 7.82 Å². The summed E-state index contributed by atoms with van der Waals surface area (Å²) in [6, 6.07) is 6.31. The van der Waals surface area contributed by atoms with Gasteiger partial charge in [-0.2, -0.15) is 0 Å². The molecule has 0 spiro atoms. The molecule has 0 aromatic heterocycles. The van der Waals surface area contributed by atoms with E-state index in [0.717, 1.165) is 30.9 Å². The van der Waals surface area contributed by atoms with E-state index in [-0.39, 0.29) is 23.7 Å². The Morgan fingerprint density at radius 3 is 2.45 bits per heavy atom. The van der Waals surface area contributed by atoms with Crippen LogP contribution in [0.3, 0.4) is 0 Å². The van der Waals surface area contributed by atoms with Crippen LogP contribution in [-0.2, 0) is 23.6 Å². The van der Waals surface area contributed by atoms with Gasteiger partial charge in [0.1, 0.15) is 5.76 Å². The predicted octanol–water partition coefficient (Wildman–Crippen LogP) is 4.27. The van der Waals surface area contributed by atoms with Crippen LogP contribution < -0.4 is 9.47 Å². The van der Waals surface area contributed by atoms with Crippen LogP contribution in [0.15, 0.2) is 30.0 Å². The Bertz CT molecular complexity index is 844. The van der Waals surface area contributed by atoms with Gasteiger partial charge in [0.15, 0.2) is 11.5 Å². The van der Waals surface area contributed by atoms with Gasteiger partial charge in [0.05, 0.1) is 26.4 Å². The highest BCUT2D eigenvalue weighted by molar-refractivity contribution is 7.48. The lowest BCUT2D eigenvalue weighted by atomic mass is 9.68. The fourth-order valence-corrected chi connectivity index (χ4v) is 6.45. The lowest BCUT2D eigenvalue weighted by molar-refractivity contribution is 0.187. The number of nitrogens with zero attached hydrogens (tertiary/aromatic N) is 1. The Kier molecular flexibility index (Phi) is 5.45. The Morgan fingerprint density at radius 1 is 1.10 bits per heavy atom. The third-order valence-corrected chi connectivity index (χ3v) is 8.19. The minimum atomic E-state index is -3.55. The molecule has 2 saturated heterocycles.